The predicted octanol–water partition coefficient (Wildman–Crippen LogP) is 0.878. The third kappa shape index (κ3) is 5.26. The van der Waals surface area contributed by atoms with Crippen LogP contribution in [0.3, 0.4) is 0 Å². The lowest BCUT2D eigenvalue weighted by Crippen LogP contribution is -2.48. The van der Waals surface area contributed by atoms with E-state index in [0.29, 0.717) is 45.3 Å². The Hall–Kier alpha value is -3.15. The molecule has 1 aliphatic heterocycles. The number of unbranched alkanes of at least 4 members (excludes halogenated alkanes) is 1. The van der Waals surface area contributed by atoms with Gasteiger partial charge >= 0.3 is 11.7 Å². The molecule has 2 fully saturated rings. The highest BCUT2D eigenvalue weighted by Gasteiger charge is 2.43. The van der Waals surface area contributed by atoms with Crippen molar-refractivity contribution in [2.24, 2.45) is 11.1 Å². The Morgan fingerprint density at radius 2 is 1.89 bits per heavy atom. The van der Waals surface area contributed by atoms with Crippen molar-refractivity contribution in [1.82, 2.24) is 19.4 Å². The molecule has 12 heteroatoms. The first kappa shape index (κ1) is 26.5. The minimum absolute atomic E-state index is 0.126. The average molecular weight is 493 g/mol. The number of nitrogens with two attached hydrogens (primary N) is 1. The van der Waals surface area contributed by atoms with E-state index in [4.69, 9.17) is 15.9 Å². The molecule has 3 rings (SSSR count). The second-order valence-corrected chi connectivity index (χ2v) is 9.71. The van der Waals surface area contributed by atoms with Crippen molar-refractivity contribution in [3.8, 4) is 5.88 Å². The van der Waals surface area contributed by atoms with Gasteiger partial charge in [-0.3, -0.25) is 29.4 Å². The van der Waals surface area contributed by atoms with E-state index < -0.39 is 41.1 Å². The number of carbonyl (C=O) groups is 2. The van der Waals surface area contributed by atoms with E-state index in [0.717, 1.165) is 15.6 Å². The van der Waals surface area contributed by atoms with E-state index in [2.05, 4.69) is 5.32 Å². The van der Waals surface area contributed by atoms with Crippen LogP contribution in [-0.2, 0) is 16.1 Å². The molecule has 2 aliphatic rings. The maximum atomic E-state index is 13.2. The van der Waals surface area contributed by atoms with Crippen molar-refractivity contribution in [3.63, 3.8) is 0 Å². The molecule has 1 aromatic heterocycles. The van der Waals surface area contributed by atoms with Crippen LogP contribution in [0.1, 0.15) is 70.9 Å². The Labute approximate surface area is 203 Å². The number of amides is 3. The summed E-state index contributed by atoms with van der Waals surface area (Å²) < 4.78 is 7.63. The molecule has 0 aromatic carbocycles. The number of nitrogens with zero attached hydrogens (tertiary/aromatic N) is 3. The van der Waals surface area contributed by atoms with Gasteiger partial charge in [-0.05, 0) is 44.4 Å². The molecule has 0 unspecified atom stereocenters. The van der Waals surface area contributed by atoms with Gasteiger partial charge < -0.3 is 20.5 Å². The first-order chi connectivity index (χ1) is 16.5. The van der Waals surface area contributed by atoms with Gasteiger partial charge in [0.1, 0.15) is 17.4 Å². The molecule has 2 heterocycles. The summed E-state index contributed by atoms with van der Waals surface area (Å²) in [6, 6.07) is -1.55. The molecule has 0 bridgehead atoms. The molecule has 0 radical (unpaired) electrons. The van der Waals surface area contributed by atoms with Crippen molar-refractivity contribution in [1.29, 1.82) is 5.41 Å². The largest absolute Gasteiger partial charge is 0.494 e. The molecule has 12 nitrogen and oxygen atoms in total. The molecule has 0 spiro atoms. The molecule has 5 N–H and O–H groups in total. The highest BCUT2D eigenvalue weighted by Crippen LogP contribution is 2.41. The summed E-state index contributed by atoms with van der Waals surface area (Å²) in [4.78, 5) is 52.4. The van der Waals surface area contributed by atoms with Crippen molar-refractivity contribution in [3.05, 3.63) is 26.4 Å². The molecule has 194 valence electrons. The van der Waals surface area contributed by atoms with Crippen LogP contribution in [0, 0.1) is 10.8 Å². The van der Waals surface area contributed by atoms with Gasteiger partial charge in [0.05, 0.1) is 6.61 Å². The second-order valence-electron chi connectivity index (χ2n) is 9.71. The van der Waals surface area contributed by atoms with Crippen LogP contribution in [0.4, 0.5) is 4.79 Å². The quantitative estimate of drug-likeness (QED) is 0.213. The van der Waals surface area contributed by atoms with Crippen LogP contribution in [-0.4, -0.2) is 62.7 Å². The SMILES string of the molecule is CCCCn1c(O)c(C(=N)N)c(=O)n(C2CCC(C)(CN3C(=O)NC(=O)[C@H]3COCC)CC2)c1=O. The number of imide groups is 1. The molecule has 1 aromatic rings. The van der Waals surface area contributed by atoms with Crippen LogP contribution >= 0.6 is 0 Å². The Morgan fingerprint density at radius 3 is 2.46 bits per heavy atom. The topological polar surface area (TPSA) is 173 Å². The lowest BCUT2D eigenvalue weighted by Gasteiger charge is -2.40. The Bertz CT molecular complexity index is 1100. The number of carbonyl (C=O) groups excluding carboxylic acids is 2. The summed E-state index contributed by atoms with van der Waals surface area (Å²) in [5.41, 5.74) is 3.52. The molecule has 1 saturated carbocycles. The van der Waals surface area contributed by atoms with E-state index in [1.165, 1.54) is 4.90 Å². The monoisotopic (exact) mass is 492 g/mol. The summed E-state index contributed by atoms with van der Waals surface area (Å²) in [7, 11) is 0. The number of ether oxygens (including phenoxy) is 1. The van der Waals surface area contributed by atoms with E-state index in [9.17, 15) is 24.3 Å². The number of urea groups is 1. The van der Waals surface area contributed by atoms with Gasteiger partial charge in [-0.1, -0.05) is 20.3 Å². The van der Waals surface area contributed by atoms with Crippen LogP contribution in [0.25, 0.3) is 0 Å². The number of nitrogen functional groups attached to an aromatic ring is 1. The lowest BCUT2D eigenvalue weighted by atomic mass is 9.73. The van der Waals surface area contributed by atoms with Crippen molar-refractivity contribution < 1.29 is 19.4 Å². The number of nitrogens with one attached hydrogen (secondary N) is 2. The highest BCUT2D eigenvalue weighted by molar-refractivity contribution is 6.04. The fourth-order valence-electron chi connectivity index (χ4n) is 4.98. The van der Waals surface area contributed by atoms with Crippen LogP contribution in [0.15, 0.2) is 9.59 Å². The van der Waals surface area contributed by atoms with Gasteiger partial charge in [0.2, 0.25) is 5.88 Å². The van der Waals surface area contributed by atoms with Crippen molar-refractivity contribution in [2.45, 2.75) is 77.9 Å². The van der Waals surface area contributed by atoms with Crippen molar-refractivity contribution in [2.75, 3.05) is 19.8 Å². The lowest BCUT2D eigenvalue weighted by molar-refractivity contribution is -0.123. The minimum Gasteiger partial charge on any atom is -0.494 e. The number of aromatic hydroxyl groups is 1. The summed E-state index contributed by atoms with van der Waals surface area (Å²) in [6.07, 6.45) is 3.58. The third-order valence-electron chi connectivity index (χ3n) is 7.08. The van der Waals surface area contributed by atoms with Crippen molar-refractivity contribution >= 4 is 17.8 Å². The fraction of sp³-hybridized carbons (Fsp3) is 0.696. The number of hydrogen-bond acceptors (Lipinski definition) is 7. The standard InChI is InChI=1S/C23H36N6O6/c1-4-6-11-27-19(31)16(17(24)25)20(32)29(22(27)34)14-7-9-23(3,10-8-14)13-28-15(12-35-5-2)18(30)26-21(28)33/h14-15,31H,4-13H2,1-3H3,(H3,24,25)(H,26,30,33)/t14?,15-,23?/m1/s1. The molecule has 1 saturated heterocycles. The first-order valence-electron chi connectivity index (χ1n) is 12.2. The normalized spacial score (nSPS) is 24.6. The number of hydrogen-bond donors (Lipinski definition) is 4. The zero-order valence-electron chi connectivity index (χ0n) is 20.6. The Balaban J connectivity index is 1.84. The summed E-state index contributed by atoms with van der Waals surface area (Å²) in [5.74, 6) is -1.53. The fourth-order valence-corrected chi connectivity index (χ4v) is 4.98. The molecular formula is C23H36N6O6. The summed E-state index contributed by atoms with van der Waals surface area (Å²) in [5, 5.41) is 20.6. The van der Waals surface area contributed by atoms with Crippen LogP contribution < -0.4 is 22.3 Å². The van der Waals surface area contributed by atoms with Crippen LogP contribution in [0.5, 0.6) is 5.88 Å². The number of amidine groups is 1. The third-order valence-corrected chi connectivity index (χ3v) is 7.08. The highest BCUT2D eigenvalue weighted by atomic mass is 16.5. The maximum Gasteiger partial charge on any atom is 0.334 e. The van der Waals surface area contributed by atoms with Gasteiger partial charge in [-0.25, -0.2) is 9.59 Å². The molecular weight excluding hydrogens is 456 g/mol. The molecule has 1 aliphatic carbocycles. The average Bonchev–Trinajstić information content (AvgIpc) is 3.05. The van der Waals surface area contributed by atoms with E-state index >= 15 is 0 Å². The predicted molar refractivity (Wildman–Crippen MR) is 129 cm³/mol. The van der Waals surface area contributed by atoms with Gasteiger partial charge in [-0.2, -0.15) is 0 Å². The minimum atomic E-state index is -0.761. The molecule has 35 heavy (non-hydrogen) atoms. The molecule has 3 amide bonds. The Morgan fingerprint density at radius 1 is 1.23 bits per heavy atom. The number of aromatic nitrogens is 2. The Kier molecular flexibility index (Phi) is 8.04. The molecule has 1 atom stereocenters. The van der Waals surface area contributed by atoms with E-state index in [-0.39, 0.29) is 30.0 Å². The second kappa shape index (κ2) is 10.6. The van der Waals surface area contributed by atoms with Gasteiger partial charge in [-0.15, -0.1) is 0 Å². The number of rotatable bonds is 10. The van der Waals surface area contributed by atoms with E-state index in [1.807, 2.05) is 20.8 Å². The van der Waals surface area contributed by atoms with Gasteiger partial charge in [0.25, 0.3) is 11.5 Å². The van der Waals surface area contributed by atoms with Gasteiger partial charge in [0, 0.05) is 25.7 Å². The maximum absolute atomic E-state index is 13.2. The smallest absolute Gasteiger partial charge is 0.334 e. The van der Waals surface area contributed by atoms with E-state index in [1.54, 1.807) is 0 Å². The summed E-state index contributed by atoms with van der Waals surface area (Å²) in [6.45, 7) is 6.91. The summed E-state index contributed by atoms with van der Waals surface area (Å²) >= 11 is 0. The van der Waals surface area contributed by atoms with Crippen LogP contribution in [0.2, 0.25) is 0 Å². The zero-order chi connectivity index (χ0) is 25.9. The van der Waals surface area contributed by atoms with Gasteiger partial charge in [0.15, 0.2) is 0 Å². The zero-order valence-corrected chi connectivity index (χ0v) is 20.6. The first-order valence-corrected chi connectivity index (χ1v) is 12.2.